The number of esters is 1. The van der Waals surface area contributed by atoms with Gasteiger partial charge in [0.25, 0.3) is 5.91 Å². The zero-order valence-electron chi connectivity index (χ0n) is 18.2. The Kier molecular flexibility index (Phi) is 6.22. The molecule has 0 saturated carbocycles. The van der Waals surface area contributed by atoms with Crippen LogP contribution in [0.3, 0.4) is 0 Å². The molecule has 0 aliphatic carbocycles. The number of hydrogen-bond donors (Lipinski definition) is 1. The predicted molar refractivity (Wildman–Crippen MR) is 119 cm³/mol. The van der Waals surface area contributed by atoms with Crippen molar-refractivity contribution in [2.45, 2.75) is 52.5 Å². The fourth-order valence-electron chi connectivity index (χ4n) is 3.30. The Balaban J connectivity index is 1.97. The van der Waals surface area contributed by atoms with E-state index in [4.69, 9.17) is 9.72 Å². The van der Waals surface area contributed by atoms with Gasteiger partial charge in [0.2, 0.25) is 0 Å². The van der Waals surface area contributed by atoms with E-state index in [0.717, 1.165) is 32.9 Å². The molecular weight excluding hydrogens is 398 g/mol. The molecule has 2 aromatic heterocycles. The van der Waals surface area contributed by atoms with Gasteiger partial charge in [0.1, 0.15) is 10.7 Å². The Bertz CT molecular complexity index is 1080. The summed E-state index contributed by atoms with van der Waals surface area (Å²) < 4.78 is 4.82. The number of methoxy groups -OCH3 is 1. The smallest absolute Gasteiger partial charge is 0.307 e. The first-order valence-electron chi connectivity index (χ1n) is 9.82. The zero-order chi connectivity index (χ0) is 22.1. The maximum Gasteiger partial charge on any atom is 0.307 e. The highest BCUT2D eigenvalue weighted by atomic mass is 32.1. The molecule has 3 rings (SSSR count). The van der Waals surface area contributed by atoms with E-state index in [9.17, 15) is 9.59 Å². The minimum absolute atomic E-state index is 0.0587. The summed E-state index contributed by atoms with van der Waals surface area (Å²) in [6, 6.07) is 8.94. The van der Waals surface area contributed by atoms with Crippen molar-refractivity contribution in [1.29, 1.82) is 0 Å². The molecule has 0 radical (unpaired) electrons. The standard InChI is InChI=1S/C23H27N3O3S/c1-13-18-14(2)24-22(23(3,4)5)26-21(18)30-19(13)20(28)25-16(12-17(27)29-6)15-10-8-7-9-11-15/h7-11,16H,12H2,1-6H3,(H,25,28). The molecule has 2 heterocycles. The third-order valence-corrected chi connectivity index (χ3v) is 6.14. The number of benzene rings is 1. The van der Waals surface area contributed by atoms with Crippen LogP contribution in [0.25, 0.3) is 10.2 Å². The highest BCUT2D eigenvalue weighted by molar-refractivity contribution is 7.20. The SMILES string of the molecule is COC(=O)CC(NC(=O)c1sc2nc(C(C)(C)C)nc(C)c2c1C)c1ccccc1. The molecule has 1 aromatic carbocycles. The lowest BCUT2D eigenvalue weighted by atomic mass is 9.95. The molecule has 3 aromatic rings. The quantitative estimate of drug-likeness (QED) is 0.602. The van der Waals surface area contributed by atoms with Gasteiger partial charge in [0, 0.05) is 10.8 Å². The number of carbonyl (C=O) groups is 2. The first-order chi connectivity index (χ1) is 14.1. The van der Waals surface area contributed by atoms with Crippen molar-refractivity contribution < 1.29 is 14.3 Å². The van der Waals surface area contributed by atoms with Crippen LogP contribution in [0.2, 0.25) is 0 Å². The first-order valence-corrected chi connectivity index (χ1v) is 10.6. The first kappa shape index (κ1) is 21.9. The second-order valence-electron chi connectivity index (χ2n) is 8.34. The molecule has 0 saturated heterocycles. The molecular formula is C23H27N3O3S. The van der Waals surface area contributed by atoms with E-state index in [1.165, 1.54) is 18.4 Å². The summed E-state index contributed by atoms with van der Waals surface area (Å²) in [6.45, 7) is 10.1. The summed E-state index contributed by atoms with van der Waals surface area (Å²) in [5.41, 5.74) is 2.39. The second kappa shape index (κ2) is 8.52. The van der Waals surface area contributed by atoms with Gasteiger partial charge in [-0.3, -0.25) is 9.59 Å². The molecule has 1 atom stereocenters. The maximum atomic E-state index is 13.2. The molecule has 0 bridgehead atoms. The lowest BCUT2D eigenvalue weighted by Crippen LogP contribution is -2.30. The van der Waals surface area contributed by atoms with Crippen molar-refractivity contribution in [3.05, 3.63) is 57.9 Å². The summed E-state index contributed by atoms with van der Waals surface area (Å²) in [7, 11) is 1.34. The van der Waals surface area contributed by atoms with E-state index in [0.29, 0.717) is 4.88 Å². The molecule has 158 valence electrons. The van der Waals surface area contributed by atoms with Gasteiger partial charge in [0.05, 0.1) is 30.1 Å². The monoisotopic (exact) mass is 425 g/mol. The number of nitrogens with one attached hydrogen (secondary N) is 1. The summed E-state index contributed by atoms with van der Waals surface area (Å²) >= 11 is 1.36. The van der Waals surface area contributed by atoms with Crippen LogP contribution in [0.4, 0.5) is 0 Å². The number of carbonyl (C=O) groups excluding carboxylic acids is 2. The van der Waals surface area contributed by atoms with Crippen LogP contribution in [-0.4, -0.2) is 29.0 Å². The number of hydrogen-bond acceptors (Lipinski definition) is 6. The van der Waals surface area contributed by atoms with Gasteiger partial charge in [-0.1, -0.05) is 51.1 Å². The molecule has 1 N–H and O–H groups in total. The summed E-state index contributed by atoms with van der Waals surface area (Å²) in [5, 5.41) is 3.92. The van der Waals surface area contributed by atoms with E-state index >= 15 is 0 Å². The molecule has 1 amide bonds. The van der Waals surface area contributed by atoms with E-state index in [1.54, 1.807) is 0 Å². The fraction of sp³-hybridized carbons (Fsp3) is 0.391. The third-order valence-electron chi connectivity index (χ3n) is 4.95. The fourth-order valence-corrected chi connectivity index (χ4v) is 4.44. The molecule has 7 heteroatoms. The molecule has 1 unspecified atom stereocenters. The van der Waals surface area contributed by atoms with Gasteiger partial charge in [-0.2, -0.15) is 0 Å². The zero-order valence-corrected chi connectivity index (χ0v) is 19.0. The molecule has 0 fully saturated rings. The topological polar surface area (TPSA) is 81.2 Å². The van der Waals surface area contributed by atoms with Crippen LogP contribution in [-0.2, 0) is 14.9 Å². The van der Waals surface area contributed by atoms with Gasteiger partial charge in [-0.25, -0.2) is 9.97 Å². The molecule has 6 nitrogen and oxygen atoms in total. The number of aromatic nitrogens is 2. The number of ether oxygens (including phenoxy) is 1. The number of aryl methyl sites for hydroxylation is 2. The van der Waals surface area contributed by atoms with E-state index in [2.05, 4.69) is 31.1 Å². The van der Waals surface area contributed by atoms with Crippen LogP contribution in [0.5, 0.6) is 0 Å². The van der Waals surface area contributed by atoms with Crippen molar-refractivity contribution in [3.63, 3.8) is 0 Å². The largest absolute Gasteiger partial charge is 0.469 e. The van der Waals surface area contributed by atoms with Crippen molar-refractivity contribution >= 4 is 33.4 Å². The van der Waals surface area contributed by atoms with E-state index < -0.39 is 6.04 Å². The molecule has 0 aliphatic heterocycles. The van der Waals surface area contributed by atoms with Crippen LogP contribution in [0, 0.1) is 13.8 Å². The van der Waals surface area contributed by atoms with Crippen molar-refractivity contribution in [1.82, 2.24) is 15.3 Å². The normalized spacial score (nSPS) is 12.6. The second-order valence-corrected chi connectivity index (χ2v) is 9.34. The summed E-state index contributed by atoms with van der Waals surface area (Å²) in [5.74, 6) is 0.146. The van der Waals surface area contributed by atoms with Crippen LogP contribution in [0.15, 0.2) is 30.3 Å². The van der Waals surface area contributed by atoms with Crippen molar-refractivity contribution in [2.24, 2.45) is 0 Å². The third kappa shape index (κ3) is 4.51. The Morgan fingerprint density at radius 3 is 2.40 bits per heavy atom. The van der Waals surface area contributed by atoms with Crippen LogP contribution in [0.1, 0.15) is 65.6 Å². The number of amides is 1. The number of fused-ring (bicyclic) bond motifs is 1. The van der Waals surface area contributed by atoms with Crippen molar-refractivity contribution in [3.8, 4) is 0 Å². The minimum Gasteiger partial charge on any atom is -0.469 e. The Hall–Kier alpha value is -2.80. The summed E-state index contributed by atoms with van der Waals surface area (Å²) in [4.78, 5) is 35.9. The summed E-state index contributed by atoms with van der Waals surface area (Å²) in [6.07, 6.45) is 0.0587. The van der Waals surface area contributed by atoms with Gasteiger partial charge in [-0.05, 0) is 25.0 Å². The average Bonchev–Trinajstić information content (AvgIpc) is 3.04. The number of rotatable bonds is 5. The predicted octanol–water partition coefficient (Wildman–Crippen LogP) is 4.64. The molecule has 0 aliphatic rings. The lowest BCUT2D eigenvalue weighted by Gasteiger charge is -2.18. The van der Waals surface area contributed by atoms with Crippen molar-refractivity contribution in [2.75, 3.05) is 7.11 Å². The highest BCUT2D eigenvalue weighted by Gasteiger charge is 2.25. The van der Waals surface area contributed by atoms with Crippen LogP contribution >= 0.6 is 11.3 Å². The number of thiophene rings is 1. The number of nitrogens with zero attached hydrogens (tertiary/aromatic N) is 2. The Morgan fingerprint density at radius 2 is 1.80 bits per heavy atom. The minimum atomic E-state index is -0.479. The van der Waals surface area contributed by atoms with Gasteiger partial charge in [0.15, 0.2) is 0 Å². The van der Waals surface area contributed by atoms with Gasteiger partial charge >= 0.3 is 5.97 Å². The highest BCUT2D eigenvalue weighted by Crippen LogP contribution is 2.33. The molecule has 30 heavy (non-hydrogen) atoms. The Labute approximate surface area is 180 Å². The molecule has 0 spiro atoms. The van der Waals surface area contributed by atoms with Gasteiger partial charge in [-0.15, -0.1) is 11.3 Å². The average molecular weight is 426 g/mol. The van der Waals surface area contributed by atoms with E-state index in [-0.39, 0.29) is 23.7 Å². The maximum absolute atomic E-state index is 13.2. The lowest BCUT2D eigenvalue weighted by molar-refractivity contribution is -0.141. The van der Waals surface area contributed by atoms with E-state index in [1.807, 2.05) is 44.2 Å². The Morgan fingerprint density at radius 1 is 1.13 bits per heavy atom. The van der Waals surface area contributed by atoms with Gasteiger partial charge < -0.3 is 10.1 Å². The van der Waals surface area contributed by atoms with Crippen LogP contribution < -0.4 is 5.32 Å².